The predicted molar refractivity (Wildman–Crippen MR) is 106 cm³/mol. The van der Waals surface area contributed by atoms with Gasteiger partial charge in [0.1, 0.15) is 17.4 Å². The lowest BCUT2D eigenvalue weighted by Crippen LogP contribution is -2.60. The van der Waals surface area contributed by atoms with Crippen LogP contribution in [0.3, 0.4) is 0 Å². The van der Waals surface area contributed by atoms with E-state index in [-0.39, 0.29) is 6.54 Å². The Balaban J connectivity index is 2.04. The zero-order valence-electron chi connectivity index (χ0n) is 16.1. The van der Waals surface area contributed by atoms with Gasteiger partial charge in [-0.15, -0.1) is 0 Å². The highest BCUT2D eigenvalue weighted by Gasteiger charge is 2.44. The summed E-state index contributed by atoms with van der Waals surface area (Å²) in [6.45, 7) is 0.847. The van der Waals surface area contributed by atoms with Crippen LogP contribution in [0.15, 0.2) is 54.6 Å². The highest BCUT2D eigenvalue weighted by molar-refractivity contribution is 5.82. The number of carbonyl (C=O) groups is 1. The van der Waals surface area contributed by atoms with E-state index in [1.54, 1.807) is 19.3 Å². The molecule has 2 aromatic rings. The third kappa shape index (κ3) is 5.60. The first-order valence-electron chi connectivity index (χ1n) is 8.89. The molecule has 0 radical (unpaired) electrons. The molecular weight excluding hydrogens is 382 g/mol. The number of hydrogen-bond acceptors (Lipinski definition) is 5. The number of ether oxygens (including phenoxy) is 1. The number of nitrogens with one attached hydrogen (secondary N) is 2. The maximum atomic E-state index is 13.0. The molecule has 2 atom stereocenters. The molecule has 156 valence electrons. The van der Waals surface area contributed by atoms with Gasteiger partial charge in [0, 0.05) is 12.1 Å². The van der Waals surface area contributed by atoms with Crippen molar-refractivity contribution in [2.24, 2.45) is 0 Å². The number of rotatable bonds is 9. The number of alkyl halides is 2. The van der Waals surface area contributed by atoms with Crippen molar-refractivity contribution in [1.82, 2.24) is 10.8 Å². The van der Waals surface area contributed by atoms with E-state index in [1.807, 2.05) is 48.5 Å². The lowest BCUT2D eigenvalue weighted by Gasteiger charge is -2.30. The standard InChI is InChI=1S/C21H24F2N2O4/c1-21(27,20(22)23)18(19(26)25-28)24-13-5-6-14-9-11-15(12-10-14)16-7-3-4-8-17(16)29-2/h3-12,18,20,24,27-28H,13H2,1-2H3,(H,25,26)/b6-5+/t18-,21+/m1/s1. The van der Waals surface area contributed by atoms with Gasteiger partial charge in [0.05, 0.1) is 7.11 Å². The minimum Gasteiger partial charge on any atom is -0.496 e. The second-order valence-electron chi connectivity index (χ2n) is 6.57. The van der Waals surface area contributed by atoms with Crippen molar-refractivity contribution in [3.8, 4) is 16.9 Å². The molecule has 0 aliphatic rings. The Morgan fingerprint density at radius 2 is 1.86 bits per heavy atom. The van der Waals surface area contributed by atoms with Crippen LogP contribution in [-0.2, 0) is 4.79 Å². The first kappa shape index (κ1) is 22.5. The highest BCUT2D eigenvalue weighted by Crippen LogP contribution is 2.29. The van der Waals surface area contributed by atoms with Crippen LogP contribution in [0.2, 0.25) is 0 Å². The smallest absolute Gasteiger partial charge is 0.268 e. The lowest BCUT2D eigenvalue weighted by atomic mass is 9.96. The molecule has 6 nitrogen and oxygen atoms in total. The lowest BCUT2D eigenvalue weighted by molar-refractivity contribution is -0.150. The summed E-state index contributed by atoms with van der Waals surface area (Å²) >= 11 is 0. The van der Waals surface area contributed by atoms with Crippen molar-refractivity contribution in [2.45, 2.75) is 25.0 Å². The SMILES string of the molecule is COc1ccccc1-c1ccc(/C=C/CN[C@H](C(=O)NO)[C@](C)(O)C(F)F)cc1. The first-order chi connectivity index (χ1) is 13.8. The van der Waals surface area contributed by atoms with E-state index in [0.29, 0.717) is 0 Å². The molecule has 0 unspecified atom stereocenters. The fourth-order valence-corrected chi connectivity index (χ4v) is 2.79. The van der Waals surface area contributed by atoms with Gasteiger partial charge in [-0.25, -0.2) is 14.3 Å². The largest absolute Gasteiger partial charge is 0.496 e. The number of hydroxylamine groups is 1. The third-order valence-electron chi connectivity index (χ3n) is 4.48. The number of methoxy groups -OCH3 is 1. The van der Waals surface area contributed by atoms with E-state index in [2.05, 4.69) is 5.32 Å². The monoisotopic (exact) mass is 406 g/mol. The number of aliphatic hydroxyl groups is 1. The first-order valence-corrected chi connectivity index (χ1v) is 8.89. The van der Waals surface area contributed by atoms with Crippen LogP contribution in [0.25, 0.3) is 17.2 Å². The predicted octanol–water partition coefficient (Wildman–Crippen LogP) is 2.86. The molecule has 2 rings (SSSR count). The molecule has 0 spiro atoms. The van der Waals surface area contributed by atoms with Crippen LogP contribution in [0, 0.1) is 0 Å². The number of hydrogen-bond donors (Lipinski definition) is 4. The second-order valence-corrected chi connectivity index (χ2v) is 6.57. The summed E-state index contributed by atoms with van der Waals surface area (Å²) in [6.07, 6.45) is 0.185. The van der Waals surface area contributed by atoms with E-state index in [9.17, 15) is 18.7 Å². The molecule has 8 heteroatoms. The molecule has 0 saturated carbocycles. The zero-order valence-corrected chi connectivity index (χ0v) is 16.1. The van der Waals surface area contributed by atoms with Crippen LogP contribution in [0.5, 0.6) is 5.75 Å². The maximum Gasteiger partial charge on any atom is 0.268 e. The molecule has 4 N–H and O–H groups in total. The van der Waals surface area contributed by atoms with Crippen LogP contribution in [0.1, 0.15) is 12.5 Å². The molecule has 2 aromatic carbocycles. The summed E-state index contributed by atoms with van der Waals surface area (Å²) in [5.74, 6) is -0.385. The zero-order chi connectivity index (χ0) is 21.4. The normalized spacial score (nSPS) is 14.6. The average molecular weight is 406 g/mol. The van der Waals surface area contributed by atoms with E-state index < -0.39 is 24.0 Å². The van der Waals surface area contributed by atoms with Crippen LogP contribution >= 0.6 is 0 Å². The molecule has 0 aromatic heterocycles. The van der Waals surface area contributed by atoms with Crippen LogP contribution in [-0.4, -0.2) is 47.9 Å². The Morgan fingerprint density at radius 3 is 2.45 bits per heavy atom. The van der Waals surface area contributed by atoms with Crippen LogP contribution < -0.4 is 15.5 Å². The highest BCUT2D eigenvalue weighted by atomic mass is 19.3. The third-order valence-corrected chi connectivity index (χ3v) is 4.48. The Morgan fingerprint density at radius 1 is 1.21 bits per heavy atom. The fraction of sp³-hybridized carbons (Fsp3) is 0.286. The molecule has 0 saturated heterocycles. The van der Waals surface area contributed by atoms with Crippen molar-refractivity contribution < 1.29 is 28.6 Å². The Hall–Kier alpha value is -2.81. The van der Waals surface area contributed by atoms with Gasteiger partial charge in [-0.2, -0.15) is 0 Å². The molecular formula is C21H24F2N2O4. The second kappa shape index (κ2) is 10.1. The van der Waals surface area contributed by atoms with Crippen molar-refractivity contribution in [2.75, 3.05) is 13.7 Å². The topological polar surface area (TPSA) is 90.8 Å². The van der Waals surface area contributed by atoms with Gasteiger partial charge in [-0.05, 0) is 24.1 Å². The van der Waals surface area contributed by atoms with Gasteiger partial charge < -0.3 is 9.84 Å². The number of halogens is 2. The molecule has 1 amide bonds. The van der Waals surface area contributed by atoms with Gasteiger partial charge >= 0.3 is 0 Å². The van der Waals surface area contributed by atoms with Crippen molar-refractivity contribution >= 4 is 12.0 Å². The van der Waals surface area contributed by atoms with Gasteiger partial charge in [-0.3, -0.25) is 15.3 Å². The minimum absolute atomic E-state index is 0.0230. The number of amides is 1. The molecule has 29 heavy (non-hydrogen) atoms. The van der Waals surface area contributed by atoms with Gasteiger partial charge in [0.2, 0.25) is 0 Å². The Labute approximate surface area is 167 Å². The van der Waals surface area contributed by atoms with E-state index in [0.717, 1.165) is 29.4 Å². The summed E-state index contributed by atoms with van der Waals surface area (Å²) in [7, 11) is 1.61. The summed E-state index contributed by atoms with van der Waals surface area (Å²) < 4.78 is 31.3. The average Bonchev–Trinajstić information content (AvgIpc) is 2.73. The van der Waals surface area contributed by atoms with Crippen LogP contribution in [0.4, 0.5) is 8.78 Å². The van der Waals surface area contributed by atoms with E-state index in [4.69, 9.17) is 9.94 Å². The van der Waals surface area contributed by atoms with Crippen molar-refractivity contribution in [1.29, 1.82) is 0 Å². The van der Waals surface area contributed by atoms with Gasteiger partial charge in [0.15, 0.2) is 0 Å². The number of carbonyl (C=O) groups excluding carboxylic acids is 1. The van der Waals surface area contributed by atoms with Crippen molar-refractivity contribution in [3.05, 3.63) is 60.2 Å². The summed E-state index contributed by atoms with van der Waals surface area (Å²) in [5.41, 5.74) is 1.44. The Kier molecular flexibility index (Phi) is 7.83. The van der Waals surface area contributed by atoms with Gasteiger partial charge in [-0.1, -0.05) is 54.6 Å². The van der Waals surface area contributed by atoms with Gasteiger partial charge in [0.25, 0.3) is 12.3 Å². The maximum absolute atomic E-state index is 13.0. The molecule has 0 aliphatic heterocycles. The number of para-hydroxylation sites is 1. The van der Waals surface area contributed by atoms with E-state index in [1.165, 1.54) is 5.48 Å². The number of benzene rings is 2. The minimum atomic E-state index is -3.18. The Bertz CT molecular complexity index is 839. The summed E-state index contributed by atoms with van der Waals surface area (Å²) in [4.78, 5) is 11.6. The summed E-state index contributed by atoms with van der Waals surface area (Å²) in [5, 5.41) is 21.1. The molecule has 0 fully saturated rings. The fourth-order valence-electron chi connectivity index (χ4n) is 2.79. The molecule has 0 bridgehead atoms. The summed E-state index contributed by atoms with van der Waals surface area (Å²) in [6, 6.07) is 13.6. The van der Waals surface area contributed by atoms with Crippen molar-refractivity contribution in [3.63, 3.8) is 0 Å². The molecule has 0 aliphatic carbocycles. The molecule has 0 heterocycles. The van der Waals surface area contributed by atoms with E-state index >= 15 is 0 Å². The quantitative estimate of drug-likeness (QED) is 0.380.